The van der Waals surface area contributed by atoms with E-state index in [9.17, 15) is 9.59 Å². The molecular formula is C26H28ClN3O4. The van der Waals surface area contributed by atoms with Crippen molar-refractivity contribution >= 4 is 34.9 Å². The van der Waals surface area contributed by atoms with E-state index in [2.05, 4.69) is 9.88 Å². The third kappa shape index (κ3) is 4.55. The zero-order valence-electron chi connectivity index (χ0n) is 18.8. The molecule has 3 fully saturated rings. The molecule has 34 heavy (non-hydrogen) atoms. The third-order valence-corrected chi connectivity index (χ3v) is 7.48. The molecule has 3 atom stereocenters. The van der Waals surface area contributed by atoms with Crippen LogP contribution in [0.3, 0.4) is 0 Å². The van der Waals surface area contributed by atoms with Crippen molar-refractivity contribution in [2.45, 2.75) is 56.7 Å². The molecule has 7 nitrogen and oxygen atoms in total. The van der Waals surface area contributed by atoms with Crippen LogP contribution in [0.4, 0.5) is 5.82 Å². The van der Waals surface area contributed by atoms with Crippen molar-refractivity contribution in [3.8, 4) is 0 Å². The number of aromatic carboxylic acids is 1. The van der Waals surface area contributed by atoms with E-state index >= 15 is 0 Å². The summed E-state index contributed by atoms with van der Waals surface area (Å²) in [6.45, 7) is 0.183. The molecule has 2 aliphatic heterocycles. The number of benzene rings is 1. The molecule has 0 radical (unpaired) electrons. The van der Waals surface area contributed by atoms with E-state index in [-0.39, 0.29) is 42.1 Å². The van der Waals surface area contributed by atoms with Gasteiger partial charge in [-0.25, -0.2) is 9.78 Å². The number of halogens is 1. The number of hydrogen-bond acceptors (Lipinski definition) is 6. The molecule has 2 saturated heterocycles. The molecule has 2 bridgehead atoms. The van der Waals surface area contributed by atoms with Crippen LogP contribution in [0.5, 0.6) is 0 Å². The summed E-state index contributed by atoms with van der Waals surface area (Å²) < 4.78 is 6.32. The number of nitrogens with zero attached hydrogens (tertiary/aromatic N) is 2. The van der Waals surface area contributed by atoms with Gasteiger partial charge in [0.2, 0.25) is 0 Å². The average Bonchev–Trinajstić information content (AvgIpc) is 3.64. The van der Waals surface area contributed by atoms with Crippen LogP contribution in [0.2, 0.25) is 5.02 Å². The summed E-state index contributed by atoms with van der Waals surface area (Å²) in [4.78, 5) is 30.9. The molecule has 1 aromatic heterocycles. The second kappa shape index (κ2) is 9.39. The van der Waals surface area contributed by atoms with Crippen LogP contribution in [-0.2, 0) is 9.53 Å². The van der Waals surface area contributed by atoms with E-state index in [1.54, 1.807) is 18.2 Å². The largest absolute Gasteiger partial charge is 0.478 e. The number of carboxylic acid groups (broad SMARTS) is 1. The number of rotatable bonds is 8. The summed E-state index contributed by atoms with van der Waals surface area (Å²) in [5, 5.41) is 9.65. The Hall–Kier alpha value is -2.90. The minimum atomic E-state index is -0.977. The molecule has 0 amide bonds. The Balaban J connectivity index is 1.29. The first kappa shape index (κ1) is 22.9. The van der Waals surface area contributed by atoms with Gasteiger partial charge in [0.15, 0.2) is 5.78 Å². The highest BCUT2D eigenvalue weighted by atomic mass is 35.5. The summed E-state index contributed by atoms with van der Waals surface area (Å²) >= 11 is 6.35. The van der Waals surface area contributed by atoms with Gasteiger partial charge < -0.3 is 20.5 Å². The fraction of sp³-hybridized carbons (Fsp3) is 0.423. The first-order valence-electron chi connectivity index (χ1n) is 11.8. The van der Waals surface area contributed by atoms with Crippen LogP contribution >= 0.6 is 11.6 Å². The molecule has 1 aliphatic carbocycles. The van der Waals surface area contributed by atoms with Crippen molar-refractivity contribution in [3.05, 3.63) is 64.3 Å². The Morgan fingerprint density at radius 1 is 1.09 bits per heavy atom. The Morgan fingerprint density at radius 2 is 1.79 bits per heavy atom. The van der Waals surface area contributed by atoms with Gasteiger partial charge >= 0.3 is 5.97 Å². The van der Waals surface area contributed by atoms with Gasteiger partial charge in [-0.2, -0.15) is 0 Å². The fourth-order valence-corrected chi connectivity index (χ4v) is 5.46. The zero-order valence-corrected chi connectivity index (χ0v) is 19.6. The summed E-state index contributed by atoms with van der Waals surface area (Å²) in [5.74, 6) is -0.0590. The van der Waals surface area contributed by atoms with E-state index < -0.39 is 5.97 Å². The van der Waals surface area contributed by atoms with Crippen LogP contribution in [-0.4, -0.2) is 46.6 Å². The summed E-state index contributed by atoms with van der Waals surface area (Å²) in [7, 11) is 0. The average molecular weight is 482 g/mol. The number of anilines is 1. The molecule has 2 aromatic rings. The highest BCUT2D eigenvalue weighted by Crippen LogP contribution is 2.40. The molecule has 178 valence electrons. The number of carbonyl (C=O) groups excluding carboxylic acids is 1. The van der Waals surface area contributed by atoms with E-state index in [4.69, 9.17) is 27.2 Å². The molecule has 0 spiro atoms. The van der Waals surface area contributed by atoms with Gasteiger partial charge in [-0.3, -0.25) is 4.79 Å². The molecule has 1 aromatic carbocycles. The van der Waals surface area contributed by atoms with Crippen LogP contribution in [0.15, 0.2) is 48.2 Å². The lowest BCUT2D eigenvalue weighted by molar-refractivity contribution is -0.117. The number of piperidine rings is 1. The van der Waals surface area contributed by atoms with E-state index in [0.29, 0.717) is 21.9 Å². The topological polar surface area (TPSA) is 106 Å². The van der Waals surface area contributed by atoms with Crippen LogP contribution in [0.1, 0.15) is 54.4 Å². The van der Waals surface area contributed by atoms with Gasteiger partial charge in [0.05, 0.1) is 18.3 Å². The Labute approximate surface area is 203 Å². The number of carbonyl (C=O) groups is 2. The zero-order chi connectivity index (χ0) is 23.8. The van der Waals surface area contributed by atoms with Crippen LogP contribution < -0.4 is 10.6 Å². The number of pyridine rings is 1. The Morgan fingerprint density at radius 3 is 2.38 bits per heavy atom. The van der Waals surface area contributed by atoms with Crippen molar-refractivity contribution in [3.63, 3.8) is 0 Å². The highest BCUT2D eigenvalue weighted by Gasteiger charge is 2.42. The third-order valence-electron chi connectivity index (χ3n) is 7.15. The maximum absolute atomic E-state index is 13.0. The molecular weight excluding hydrogens is 454 g/mol. The van der Waals surface area contributed by atoms with E-state index in [0.717, 1.165) is 44.3 Å². The number of ether oxygens (including phenoxy) is 1. The van der Waals surface area contributed by atoms with Crippen LogP contribution in [0, 0.1) is 5.92 Å². The predicted octanol–water partition coefficient (Wildman–Crippen LogP) is 4.30. The molecule has 2 unspecified atom stereocenters. The minimum absolute atomic E-state index is 0.0214. The lowest BCUT2D eigenvalue weighted by atomic mass is 9.98. The number of carboxylic acids is 1. The number of hydrogen-bond donors (Lipinski definition) is 2. The highest BCUT2D eigenvalue weighted by molar-refractivity contribution is 6.32. The quantitative estimate of drug-likeness (QED) is 0.541. The van der Waals surface area contributed by atoms with Crippen molar-refractivity contribution in [2.75, 3.05) is 11.5 Å². The second-order valence-electron chi connectivity index (χ2n) is 9.42. The molecule has 1 saturated carbocycles. The number of nitrogens with two attached hydrogens (primary N) is 1. The van der Waals surface area contributed by atoms with Gasteiger partial charge in [0.1, 0.15) is 5.82 Å². The first-order valence-corrected chi connectivity index (χ1v) is 12.2. The van der Waals surface area contributed by atoms with Gasteiger partial charge in [-0.1, -0.05) is 29.8 Å². The maximum Gasteiger partial charge on any atom is 0.337 e. The van der Waals surface area contributed by atoms with Gasteiger partial charge in [0, 0.05) is 46.1 Å². The number of ketones is 1. The maximum atomic E-state index is 13.0. The van der Waals surface area contributed by atoms with E-state index in [1.807, 2.05) is 18.2 Å². The minimum Gasteiger partial charge on any atom is -0.478 e. The molecule has 8 heteroatoms. The number of Topliss-reactive ketones (excluding diaryl/α,β-unsaturated/α-hetero) is 1. The van der Waals surface area contributed by atoms with Gasteiger partial charge in [-0.15, -0.1) is 0 Å². The molecule has 5 rings (SSSR count). The predicted molar refractivity (Wildman–Crippen MR) is 130 cm³/mol. The van der Waals surface area contributed by atoms with Crippen molar-refractivity contribution < 1.29 is 19.4 Å². The number of fused-ring (bicyclic) bond motifs is 2. The smallest absolute Gasteiger partial charge is 0.337 e. The standard InChI is InChI=1S/C26H28ClN3O4/c27-22-4-2-1-3-20(22)24(28)21(25(31)15-5-6-15)14-34-19-11-17-8-9-18(12-19)30(17)23-10-7-16(13-29-23)26(32)33/h1-4,7,10,13,15,17-19H,5-6,8-9,11-12,14,28H2,(H,32,33)/t17-,18?,19?/m0/s1. The lowest BCUT2D eigenvalue weighted by Gasteiger charge is -2.39. The van der Waals surface area contributed by atoms with Crippen LogP contribution in [0.25, 0.3) is 5.70 Å². The van der Waals surface area contributed by atoms with Crippen molar-refractivity contribution in [1.82, 2.24) is 4.98 Å². The second-order valence-corrected chi connectivity index (χ2v) is 9.82. The molecule has 3 N–H and O–H groups in total. The molecule has 3 heterocycles. The molecule has 3 aliphatic rings. The SMILES string of the molecule is NC(=C(COC1CC2CC[C@@H](C1)N2c1ccc(C(=O)O)cn1)C(=O)C1CC1)c1ccccc1Cl. The summed E-state index contributed by atoms with van der Waals surface area (Å²) in [6.07, 6.45) is 6.97. The van der Waals surface area contributed by atoms with Crippen molar-refractivity contribution in [1.29, 1.82) is 0 Å². The summed E-state index contributed by atoms with van der Waals surface area (Å²) in [6, 6.07) is 11.2. The Kier molecular flexibility index (Phi) is 6.32. The number of aromatic nitrogens is 1. The monoisotopic (exact) mass is 481 g/mol. The van der Waals surface area contributed by atoms with E-state index in [1.165, 1.54) is 6.20 Å². The van der Waals surface area contributed by atoms with Crippen molar-refractivity contribution in [2.24, 2.45) is 11.7 Å². The lowest BCUT2D eigenvalue weighted by Crippen LogP contribution is -2.46. The Bertz CT molecular complexity index is 1120. The fourth-order valence-electron chi connectivity index (χ4n) is 5.22. The van der Waals surface area contributed by atoms with Gasteiger partial charge in [-0.05, 0) is 56.7 Å². The van der Waals surface area contributed by atoms with Gasteiger partial charge in [0.25, 0.3) is 0 Å². The normalized spacial score (nSPS) is 24.6. The summed E-state index contributed by atoms with van der Waals surface area (Å²) in [5.41, 5.74) is 8.24. The first-order chi connectivity index (χ1) is 16.4.